The molecule has 0 amide bonds. The minimum absolute atomic E-state index is 0.260. The summed E-state index contributed by atoms with van der Waals surface area (Å²) in [5.74, 6) is 2.65. The Morgan fingerprint density at radius 1 is 1.48 bits per heavy atom. The predicted octanol–water partition coefficient (Wildman–Crippen LogP) is 1.38. The largest absolute Gasteiger partial charge is 0.375 e. The third-order valence-electron chi connectivity index (χ3n) is 4.49. The molecule has 1 saturated carbocycles. The molecule has 1 aromatic rings. The van der Waals surface area contributed by atoms with Gasteiger partial charge in [0, 0.05) is 38.9 Å². The van der Waals surface area contributed by atoms with Gasteiger partial charge in [-0.3, -0.25) is 4.99 Å². The zero-order valence-electron chi connectivity index (χ0n) is 14.2. The van der Waals surface area contributed by atoms with Crippen molar-refractivity contribution in [2.75, 3.05) is 31.6 Å². The Labute approximate surface area is 138 Å². The van der Waals surface area contributed by atoms with Crippen molar-refractivity contribution in [3.63, 3.8) is 0 Å². The zero-order chi connectivity index (χ0) is 16.2. The van der Waals surface area contributed by atoms with E-state index in [4.69, 9.17) is 4.74 Å². The van der Waals surface area contributed by atoms with Gasteiger partial charge in [0.2, 0.25) is 0 Å². The van der Waals surface area contributed by atoms with Gasteiger partial charge in [-0.1, -0.05) is 6.92 Å². The molecule has 1 aromatic heterocycles. The van der Waals surface area contributed by atoms with E-state index in [1.54, 1.807) is 0 Å². The number of aliphatic imine (C=N–C) groups is 1. The van der Waals surface area contributed by atoms with Gasteiger partial charge in [-0.25, -0.2) is 4.98 Å². The van der Waals surface area contributed by atoms with Crippen LogP contribution in [0.2, 0.25) is 0 Å². The fourth-order valence-electron chi connectivity index (χ4n) is 2.85. The standard InChI is InChI=1S/C17H27N5O/c1-12-8-15(12)21-17(18-3)20-10-14-4-5-19-16(9-14)22-6-7-23-13(2)11-22/h4-5,9,12-13,15H,6-8,10-11H2,1-3H3,(H2,18,20,21). The molecule has 0 spiro atoms. The Hall–Kier alpha value is -1.82. The van der Waals surface area contributed by atoms with E-state index in [9.17, 15) is 0 Å². The van der Waals surface area contributed by atoms with E-state index in [1.165, 1.54) is 12.0 Å². The molecule has 2 N–H and O–H groups in total. The van der Waals surface area contributed by atoms with Gasteiger partial charge in [0.05, 0.1) is 12.7 Å². The summed E-state index contributed by atoms with van der Waals surface area (Å²) in [5.41, 5.74) is 1.21. The molecule has 0 bridgehead atoms. The fraction of sp³-hybridized carbons (Fsp3) is 0.647. The van der Waals surface area contributed by atoms with Crippen LogP contribution in [0.1, 0.15) is 25.8 Å². The topological polar surface area (TPSA) is 61.8 Å². The van der Waals surface area contributed by atoms with Gasteiger partial charge >= 0.3 is 0 Å². The summed E-state index contributed by atoms with van der Waals surface area (Å²) in [5, 5.41) is 6.83. The molecule has 126 valence electrons. The van der Waals surface area contributed by atoms with Gasteiger partial charge in [-0.05, 0) is 37.0 Å². The number of nitrogens with one attached hydrogen (secondary N) is 2. The lowest BCUT2D eigenvalue weighted by atomic mass is 10.2. The molecule has 0 radical (unpaired) electrons. The van der Waals surface area contributed by atoms with E-state index in [0.29, 0.717) is 6.04 Å². The molecule has 3 rings (SSSR count). The highest BCUT2D eigenvalue weighted by Gasteiger charge is 2.33. The molecule has 23 heavy (non-hydrogen) atoms. The third kappa shape index (κ3) is 4.34. The first kappa shape index (κ1) is 16.1. The van der Waals surface area contributed by atoms with Gasteiger partial charge in [0.1, 0.15) is 5.82 Å². The van der Waals surface area contributed by atoms with Crippen LogP contribution >= 0.6 is 0 Å². The number of morpholine rings is 1. The van der Waals surface area contributed by atoms with E-state index in [0.717, 1.165) is 43.9 Å². The van der Waals surface area contributed by atoms with Crippen molar-refractivity contribution in [3.8, 4) is 0 Å². The van der Waals surface area contributed by atoms with Gasteiger partial charge in [0.15, 0.2) is 5.96 Å². The Balaban J connectivity index is 1.56. The number of hydrogen-bond acceptors (Lipinski definition) is 4. The number of nitrogens with zero attached hydrogens (tertiary/aromatic N) is 3. The summed E-state index contributed by atoms with van der Waals surface area (Å²) in [4.78, 5) is 11.1. The molecule has 3 unspecified atom stereocenters. The lowest BCUT2D eigenvalue weighted by molar-refractivity contribution is 0.0529. The van der Waals surface area contributed by atoms with Crippen LogP contribution < -0.4 is 15.5 Å². The molecule has 1 saturated heterocycles. The normalized spacial score (nSPS) is 27.7. The van der Waals surface area contributed by atoms with Crippen molar-refractivity contribution in [1.82, 2.24) is 15.6 Å². The Bertz CT molecular complexity index is 562. The van der Waals surface area contributed by atoms with Crippen LogP contribution in [0, 0.1) is 5.92 Å². The third-order valence-corrected chi connectivity index (χ3v) is 4.49. The second kappa shape index (κ2) is 7.17. The fourth-order valence-corrected chi connectivity index (χ4v) is 2.85. The van der Waals surface area contributed by atoms with Crippen molar-refractivity contribution in [1.29, 1.82) is 0 Å². The van der Waals surface area contributed by atoms with Crippen molar-refractivity contribution < 1.29 is 4.74 Å². The molecule has 2 heterocycles. The predicted molar refractivity (Wildman–Crippen MR) is 92.8 cm³/mol. The van der Waals surface area contributed by atoms with Crippen LogP contribution in [0.25, 0.3) is 0 Å². The maximum absolute atomic E-state index is 5.60. The number of hydrogen-bond donors (Lipinski definition) is 2. The Kier molecular flexibility index (Phi) is 5.00. The lowest BCUT2D eigenvalue weighted by Gasteiger charge is -2.32. The van der Waals surface area contributed by atoms with Crippen molar-refractivity contribution in [3.05, 3.63) is 23.9 Å². The van der Waals surface area contributed by atoms with E-state index >= 15 is 0 Å². The Morgan fingerprint density at radius 2 is 2.30 bits per heavy atom. The van der Waals surface area contributed by atoms with Crippen LogP contribution in [0.5, 0.6) is 0 Å². The maximum atomic E-state index is 5.60. The van der Waals surface area contributed by atoms with Crippen LogP contribution in [0.15, 0.2) is 23.3 Å². The highest BCUT2D eigenvalue weighted by Crippen LogP contribution is 2.28. The molecular formula is C17H27N5O. The number of aromatic nitrogens is 1. The molecule has 3 atom stereocenters. The van der Waals surface area contributed by atoms with Crippen LogP contribution in [-0.2, 0) is 11.3 Å². The molecule has 0 aromatic carbocycles. The molecule has 6 nitrogen and oxygen atoms in total. The second-order valence-electron chi connectivity index (χ2n) is 6.54. The smallest absolute Gasteiger partial charge is 0.191 e. The van der Waals surface area contributed by atoms with Crippen LogP contribution in [-0.4, -0.2) is 49.8 Å². The van der Waals surface area contributed by atoms with Gasteiger partial charge in [-0.2, -0.15) is 0 Å². The minimum atomic E-state index is 0.260. The summed E-state index contributed by atoms with van der Waals surface area (Å²) in [7, 11) is 1.81. The lowest BCUT2D eigenvalue weighted by Crippen LogP contribution is -2.41. The first-order chi connectivity index (χ1) is 11.2. The molecule has 6 heteroatoms. The average Bonchev–Trinajstić information content (AvgIpc) is 3.26. The van der Waals surface area contributed by atoms with Crippen LogP contribution in [0.4, 0.5) is 5.82 Å². The van der Waals surface area contributed by atoms with Crippen LogP contribution in [0.3, 0.4) is 0 Å². The number of pyridine rings is 1. The summed E-state index contributed by atoms with van der Waals surface area (Å²) < 4.78 is 5.60. The van der Waals surface area contributed by atoms with Crippen molar-refractivity contribution in [2.24, 2.45) is 10.9 Å². The molecule has 2 fully saturated rings. The van der Waals surface area contributed by atoms with E-state index in [-0.39, 0.29) is 6.10 Å². The quantitative estimate of drug-likeness (QED) is 0.649. The Morgan fingerprint density at radius 3 is 3.00 bits per heavy atom. The number of guanidine groups is 1. The summed E-state index contributed by atoms with van der Waals surface area (Å²) >= 11 is 0. The van der Waals surface area contributed by atoms with Gasteiger partial charge in [0.25, 0.3) is 0 Å². The summed E-state index contributed by atoms with van der Waals surface area (Å²) in [6.07, 6.45) is 3.37. The van der Waals surface area contributed by atoms with Crippen molar-refractivity contribution >= 4 is 11.8 Å². The second-order valence-corrected chi connectivity index (χ2v) is 6.54. The first-order valence-corrected chi connectivity index (χ1v) is 8.44. The number of anilines is 1. The highest BCUT2D eigenvalue weighted by atomic mass is 16.5. The maximum Gasteiger partial charge on any atom is 0.191 e. The summed E-state index contributed by atoms with van der Waals surface area (Å²) in [6, 6.07) is 4.77. The van der Waals surface area contributed by atoms with Gasteiger partial charge < -0.3 is 20.3 Å². The SMILES string of the molecule is CN=C(NCc1ccnc(N2CCOC(C)C2)c1)NC1CC1C. The van der Waals surface area contributed by atoms with Crippen molar-refractivity contribution in [2.45, 2.75) is 39.0 Å². The molecule has 1 aliphatic heterocycles. The monoisotopic (exact) mass is 317 g/mol. The molecule has 1 aliphatic carbocycles. The zero-order valence-corrected chi connectivity index (χ0v) is 14.2. The molecule has 2 aliphatic rings. The average molecular weight is 317 g/mol. The van der Waals surface area contributed by atoms with E-state index in [1.807, 2.05) is 19.3 Å². The first-order valence-electron chi connectivity index (χ1n) is 8.44. The number of rotatable bonds is 4. The minimum Gasteiger partial charge on any atom is -0.375 e. The summed E-state index contributed by atoms with van der Waals surface area (Å²) in [6.45, 7) is 7.66. The van der Waals surface area contributed by atoms with E-state index in [2.05, 4.69) is 45.4 Å². The molecular weight excluding hydrogens is 290 g/mol. The van der Waals surface area contributed by atoms with E-state index < -0.39 is 0 Å². The van der Waals surface area contributed by atoms with Gasteiger partial charge in [-0.15, -0.1) is 0 Å². The highest BCUT2D eigenvalue weighted by molar-refractivity contribution is 5.80. The number of ether oxygens (including phenoxy) is 1.